The van der Waals surface area contributed by atoms with Crippen molar-refractivity contribution in [1.82, 2.24) is 0 Å². The van der Waals surface area contributed by atoms with Crippen molar-refractivity contribution in [2.45, 2.75) is 6.92 Å². The van der Waals surface area contributed by atoms with Gasteiger partial charge >= 0.3 is 0 Å². The van der Waals surface area contributed by atoms with Crippen molar-refractivity contribution in [2.75, 3.05) is 9.80 Å². The first-order chi connectivity index (χ1) is 27.1. The van der Waals surface area contributed by atoms with Gasteiger partial charge in [0.1, 0.15) is 0 Å². The van der Waals surface area contributed by atoms with Crippen molar-refractivity contribution in [3.63, 3.8) is 0 Å². The van der Waals surface area contributed by atoms with E-state index < -0.39 is 0 Å². The molecule has 260 valence electrons. The highest BCUT2D eigenvalue weighted by Crippen LogP contribution is 2.45. The molecular weight excluding hydrogens is 665 g/mol. The Morgan fingerprint density at radius 2 is 0.545 bits per heavy atom. The monoisotopic (exact) mass is 702 g/mol. The molecule has 10 aromatic rings. The van der Waals surface area contributed by atoms with Crippen LogP contribution in [-0.2, 0) is 0 Å². The summed E-state index contributed by atoms with van der Waals surface area (Å²) in [7, 11) is 0. The van der Waals surface area contributed by atoms with Crippen molar-refractivity contribution in [3.05, 3.63) is 218 Å². The number of hydrogen-bond donors (Lipinski definition) is 0. The smallest absolute Gasteiger partial charge is 0.0488 e. The van der Waals surface area contributed by atoms with E-state index in [0.29, 0.717) is 0 Å². The molecule has 0 saturated heterocycles. The fraction of sp³-hybridized carbons (Fsp3) is 0.0189. The topological polar surface area (TPSA) is 6.48 Å². The summed E-state index contributed by atoms with van der Waals surface area (Å²) in [4.78, 5) is 4.83. The molecular formula is C53H38N2. The van der Waals surface area contributed by atoms with Crippen LogP contribution in [0, 0.1) is 6.92 Å². The SMILES string of the molecule is Cc1ccc(-c2cc(N(c3ccc4ccccc4c3)c3ccc4ccccc4c3)cc(N(c3ccc4ccccc4c3)c3ccc4ccccc4c3)c2)cc1. The van der Waals surface area contributed by atoms with Gasteiger partial charge in [0.15, 0.2) is 0 Å². The Bertz CT molecular complexity index is 2680. The highest BCUT2D eigenvalue weighted by molar-refractivity contribution is 5.97. The molecule has 0 bridgehead atoms. The van der Waals surface area contributed by atoms with Crippen LogP contribution >= 0.6 is 0 Å². The molecule has 0 amide bonds. The number of benzene rings is 10. The van der Waals surface area contributed by atoms with Crippen LogP contribution in [0.4, 0.5) is 34.1 Å². The van der Waals surface area contributed by atoms with E-state index in [1.54, 1.807) is 0 Å². The van der Waals surface area contributed by atoms with Crippen LogP contribution in [0.3, 0.4) is 0 Å². The molecule has 0 aliphatic carbocycles. The molecule has 0 heterocycles. The van der Waals surface area contributed by atoms with Crippen LogP contribution in [0.1, 0.15) is 5.56 Å². The number of nitrogens with zero attached hydrogens (tertiary/aromatic N) is 2. The zero-order chi connectivity index (χ0) is 36.7. The average Bonchev–Trinajstić information content (AvgIpc) is 3.24. The molecule has 0 aromatic heterocycles. The summed E-state index contributed by atoms with van der Waals surface area (Å²) < 4.78 is 0. The first kappa shape index (κ1) is 32.5. The molecule has 0 fully saturated rings. The molecule has 2 nitrogen and oxygen atoms in total. The van der Waals surface area contributed by atoms with Crippen LogP contribution < -0.4 is 9.80 Å². The highest BCUT2D eigenvalue weighted by Gasteiger charge is 2.21. The minimum Gasteiger partial charge on any atom is -0.310 e. The standard InChI is InChI=1S/C53H38N2/c1-37-18-20-42(21-19-37)47-34-52(54(48-26-22-38-10-2-6-14-43(38)30-48)49-27-23-39-11-3-7-15-44(39)31-49)36-53(35-47)55(50-28-24-40-12-4-8-16-45(40)32-50)51-29-25-41-13-5-9-17-46(41)33-51/h2-36H,1H3. The van der Waals surface area contributed by atoms with Gasteiger partial charge in [-0.3, -0.25) is 0 Å². The minimum absolute atomic E-state index is 1.07. The summed E-state index contributed by atoms with van der Waals surface area (Å²) >= 11 is 0. The van der Waals surface area contributed by atoms with Crippen LogP contribution in [0.2, 0.25) is 0 Å². The van der Waals surface area contributed by atoms with Crippen molar-refractivity contribution in [3.8, 4) is 11.1 Å². The molecule has 55 heavy (non-hydrogen) atoms. The molecule has 0 aliphatic heterocycles. The molecule has 2 heteroatoms. The van der Waals surface area contributed by atoms with E-state index in [0.717, 1.165) is 39.7 Å². The second-order valence-corrected chi connectivity index (χ2v) is 14.4. The van der Waals surface area contributed by atoms with E-state index in [-0.39, 0.29) is 0 Å². The predicted octanol–water partition coefficient (Wildman–Crippen LogP) is 15.2. The molecule has 0 saturated carbocycles. The van der Waals surface area contributed by atoms with Gasteiger partial charge in [-0.25, -0.2) is 0 Å². The van der Waals surface area contributed by atoms with Gasteiger partial charge in [0.25, 0.3) is 0 Å². The lowest BCUT2D eigenvalue weighted by Crippen LogP contribution is -2.14. The third-order valence-electron chi connectivity index (χ3n) is 10.8. The van der Waals surface area contributed by atoms with Gasteiger partial charge in [-0.1, -0.05) is 151 Å². The van der Waals surface area contributed by atoms with Gasteiger partial charge in [0.2, 0.25) is 0 Å². The van der Waals surface area contributed by atoms with Crippen molar-refractivity contribution in [1.29, 1.82) is 0 Å². The maximum absolute atomic E-state index is 2.42. The Kier molecular flexibility index (Phi) is 8.08. The largest absolute Gasteiger partial charge is 0.310 e. The first-order valence-electron chi connectivity index (χ1n) is 18.9. The van der Waals surface area contributed by atoms with Crippen molar-refractivity contribution >= 4 is 77.2 Å². The molecule has 0 N–H and O–H groups in total. The van der Waals surface area contributed by atoms with Gasteiger partial charge in [0.05, 0.1) is 0 Å². The van der Waals surface area contributed by atoms with E-state index >= 15 is 0 Å². The fourth-order valence-electron chi connectivity index (χ4n) is 7.92. The number of anilines is 6. The van der Waals surface area contributed by atoms with Gasteiger partial charge < -0.3 is 9.80 Å². The zero-order valence-electron chi connectivity index (χ0n) is 30.6. The van der Waals surface area contributed by atoms with E-state index in [1.807, 2.05) is 0 Å². The highest BCUT2D eigenvalue weighted by atomic mass is 15.2. The summed E-state index contributed by atoms with van der Waals surface area (Å²) in [5.74, 6) is 0. The van der Waals surface area contributed by atoms with E-state index in [9.17, 15) is 0 Å². The Hall–Kier alpha value is -7.16. The number of hydrogen-bond acceptors (Lipinski definition) is 2. The summed E-state index contributed by atoms with van der Waals surface area (Å²) in [6.07, 6.45) is 0. The zero-order valence-corrected chi connectivity index (χ0v) is 30.6. The molecule has 10 aromatic carbocycles. The third-order valence-corrected chi connectivity index (χ3v) is 10.8. The maximum Gasteiger partial charge on any atom is 0.0488 e. The molecule has 0 radical (unpaired) electrons. The average molecular weight is 703 g/mol. The van der Waals surface area contributed by atoms with E-state index in [2.05, 4.69) is 229 Å². The Labute approximate surface area is 321 Å². The molecule has 0 aliphatic rings. The number of fused-ring (bicyclic) bond motifs is 4. The van der Waals surface area contributed by atoms with Gasteiger partial charge in [-0.15, -0.1) is 0 Å². The third kappa shape index (κ3) is 6.24. The van der Waals surface area contributed by atoms with Crippen molar-refractivity contribution < 1.29 is 0 Å². The van der Waals surface area contributed by atoms with Gasteiger partial charge in [-0.05, 0) is 128 Å². The Morgan fingerprint density at radius 3 is 0.873 bits per heavy atom. The summed E-state index contributed by atoms with van der Waals surface area (Å²) in [6.45, 7) is 2.15. The van der Waals surface area contributed by atoms with Gasteiger partial charge in [0, 0.05) is 34.1 Å². The lowest BCUT2D eigenvalue weighted by Gasteiger charge is -2.31. The summed E-state index contributed by atoms with van der Waals surface area (Å²) in [6, 6.07) is 77.6. The molecule has 0 atom stereocenters. The predicted molar refractivity (Wildman–Crippen MR) is 236 cm³/mol. The summed E-state index contributed by atoms with van der Waals surface area (Å²) in [5, 5.41) is 9.69. The fourth-order valence-corrected chi connectivity index (χ4v) is 7.92. The number of aryl methyl sites for hydroxylation is 1. The molecule has 0 spiro atoms. The number of rotatable bonds is 7. The van der Waals surface area contributed by atoms with Crippen LogP contribution in [0.15, 0.2) is 212 Å². The summed E-state index contributed by atoms with van der Waals surface area (Å²) in [5.41, 5.74) is 10.1. The Morgan fingerprint density at radius 1 is 0.236 bits per heavy atom. The molecule has 10 rings (SSSR count). The minimum atomic E-state index is 1.07. The van der Waals surface area contributed by atoms with E-state index in [1.165, 1.54) is 54.2 Å². The Balaban J connectivity index is 1.25. The van der Waals surface area contributed by atoms with Crippen LogP contribution in [-0.4, -0.2) is 0 Å². The maximum atomic E-state index is 2.42. The lowest BCUT2D eigenvalue weighted by molar-refractivity contribution is 1.26. The van der Waals surface area contributed by atoms with Crippen LogP contribution in [0.5, 0.6) is 0 Å². The van der Waals surface area contributed by atoms with Crippen molar-refractivity contribution in [2.24, 2.45) is 0 Å². The van der Waals surface area contributed by atoms with Crippen LogP contribution in [0.25, 0.3) is 54.2 Å². The second-order valence-electron chi connectivity index (χ2n) is 14.4. The van der Waals surface area contributed by atoms with E-state index in [4.69, 9.17) is 0 Å². The quantitative estimate of drug-likeness (QED) is 0.163. The van der Waals surface area contributed by atoms with Gasteiger partial charge in [-0.2, -0.15) is 0 Å². The normalized spacial score (nSPS) is 11.4. The first-order valence-corrected chi connectivity index (χ1v) is 18.9. The lowest BCUT2D eigenvalue weighted by atomic mass is 10.00. The molecule has 0 unspecified atom stereocenters. The second kappa shape index (κ2) is 13.7.